The first-order valence-corrected chi connectivity index (χ1v) is 11.9. The quantitative estimate of drug-likeness (QED) is 0.361. The molecule has 0 saturated heterocycles. The molecule has 0 aliphatic carbocycles. The number of hydrogen-bond acceptors (Lipinski definition) is 6. The molecule has 0 aliphatic rings. The van der Waals surface area contributed by atoms with Gasteiger partial charge in [0.1, 0.15) is 11.5 Å². The molecule has 3 rings (SSSR count). The second-order valence-electron chi connectivity index (χ2n) is 8.42. The second kappa shape index (κ2) is 13.1. The van der Waals surface area contributed by atoms with Crippen LogP contribution in [0.15, 0.2) is 54.6 Å². The highest BCUT2D eigenvalue weighted by Crippen LogP contribution is 2.33. The highest BCUT2D eigenvalue weighted by molar-refractivity contribution is 5.44. The fraction of sp³-hybridized carbons (Fsp3) is 0.444. The summed E-state index contributed by atoms with van der Waals surface area (Å²) in [7, 11) is 3.34. The number of benzene rings is 2. The number of unbranched alkanes of at least 4 members (excludes halogenated alkanes) is 1. The second-order valence-corrected chi connectivity index (χ2v) is 8.42. The molecule has 1 aromatic heterocycles. The summed E-state index contributed by atoms with van der Waals surface area (Å²) in [6.45, 7) is 6.57. The Morgan fingerprint density at radius 3 is 2.53 bits per heavy atom. The lowest BCUT2D eigenvalue weighted by Gasteiger charge is -2.25. The molecule has 7 heteroatoms. The number of nitrogens with zero attached hydrogens (tertiary/aromatic N) is 3. The molecule has 2 aromatic carbocycles. The van der Waals surface area contributed by atoms with Gasteiger partial charge in [0.25, 0.3) is 0 Å². The first kappa shape index (κ1) is 25.7. The van der Waals surface area contributed by atoms with Gasteiger partial charge in [0.05, 0.1) is 36.8 Å². The number of aliphatic hydroxyl groups is 1. The van der Waals surface area contributed by atoms with Crippen molar-refractivity contribution in [1.29, 1.82) is 0 Å². The van der Waals surface area contributed by atoms with Gasteiger partial charge >= 0.3 is 0 Å². The third-order valence-corrected chi connectivity index (χ3v) is 5.75. The lowest BCUT2D eigenvalue weighted by Crippen LogP contribution is -2.34. The number of methoxy groups -OCH3 is 2. The van der Waals surface area contributed by atoms with Crippen molar-refractivity contribution in [3.63, 3.8) is 0 Å². The topological polar surface area (TPSA) is 69.0 Å². The molecule has 0 radical (unpaired) electrons. The Balaban J connectivity index is 1.96. The van der Waals surface area contributed by atoms with E-state index < -0.39 is 0 Å². The summed E-state index contributed by atoms with van der Waals surface area (Å²) in [4.78, 5) is 2.21. The molecule has 0 bridgehead atoms. The van der Waals surface area contributed by atoms with Gasteiger partial charge in [0.15, 0.2) is 0 Å². The van der Waals surface area contributed by atoms with Crippen molar-refractivity contribution in [2.24, 2.45) is 0 Å². The zero-order valence-corrected chi connectivity index (χ0v) is 20.7. The highest BCUT2D eigenvalue weighted by Gasteiger charge is 2.22. The largest absolute Gasteiger partial charge is 0.497 e. The van der Waals surface area contributed by atoms with Crippen molar-refractivity contribution in [1.82, 2.24) is 14.7 Å². The maximum Gasteiger partial charge on any atom is 0.227 e. The number of hydrogen-bond donors (Lipinski definition) is 1. The SMILES string of the molecule is CCCC[C@@H](O)CN(CCOC)Cc1c(C)nn(-c2ccccc2)c1Oc1cccc(OC)c1. The minimum Gasteiger partial charge on any atom is -0.497 e. The molecule has 1 atom stereocenters. The lowest BCUT2D eigenvalue weighted by atomic mass is 10.1. The minimum absolute atomic E-state index is 0.385. The first-order chi connectivity index (χ1) is 16.5. The van der Waals surface area contributed by atoms with Crippen molar-refractivity contribution in [3.8, 4) is 23.1 Å². The van der Waals surface area contributed by atoms with Gasteiger partial charge in [-0.05, 0) is 37.6 Å². The normalized spacial score (nSPS) is 12.2. The van der Waals surface area contributed by atoms with Crippen LogP contribution in [0.5, 0.6) is 17.4 Å². The molecule has 1 N–H and O–H groups in total. The van der Waals surface area contributed by atoms with Crippen LogP contribution in [0.2, 0.25) is 0 Å². The van der Waals surface area contributed by atoms with E-state index in [0.29, 0.717) is 37.9 Å². The summed E-state index contributed by atoms with van der Waals surface area (Å²) in [5.41, 5.74) is 2.78. The van der Waals surface area contributed by atoms with Gasteiger partial charge in [-0.15, -0.1) is 0 Å². The van der Waals surface area contributed by atoms with Crippen LogP contribution < -0.4 is 9.47 Å². The molecule has 0 unspecified atom stereocenters. The number of aryl methyl sites for hydroxylation is 1. The molecular weight excluding hydrogens is 430 g/mol. The number of aliphatic hydroxyl groups excluding tert-OH is 1. The van der Waals surface area contributed by atoms with Crippen LogP contribution in [0.25, 0.3) is 5.69 Å². The molecular formula is C27H37N3O4. The molecule has 0 spiro atoms. The van der Waals surface area contributed by atoms with Crippen LogP contribution >= 0.6 is 0 Å². The van der Waals surface area contributed by atoms with Crippen molar-refractivity contribution in [2.75, 3.05) is 33.9 Å². The zero-order valence-electron chi connectivity index (χ0n) is 20.7. The Hall–Kier alpha value is -2.87. The minimum atomic E-state index is -0.385. The van der Waals surface area contributed by atoms with Crippen LogP contribution in [-0.4, -0.2) is 59.8 Å². The number of para-hydroxylation sites is 1. The molecule has 3 aromatic rings. The van der Waals surface area contributed by atoms with E-state index in [4.69, 9.17) is 19.3 Å². The first-order valence-electron chi connectivity index (χ1n) is 11.9. The van der Waals surface area contributed by atoms with E-state index in [9.17, 15) is 5.11 Å². The number of ether oxygens (including phenoxy) is 3. The van der Waals surface area contributed by atoms with Gasteiger partial charge in [0, 0.05) is 32.8 Å². The standard InChI is InChI=1S/C27H37N3O4/c1-5-6-13-23(31)19-29(16-17-32-3)20-26-21(2)28-30(22-11-8-7-9-12-22)27(26)34-25-15-10-14-24(18-25)33-4/h7-12,14-15,18,23,31H,5-6,13,16-17,19-20H2,1-4H3/t23-/m1/s1. The van der Waals surface area contributed by atoms with Gasteiger partial charge in [0.2, 0.25) is 5.88 Å². The van der Waals surface area contributed by atoms with Crippen molar-refractivity contribution in [2.45, 2.75) is 45.8 Å². The summed E-state index contributed by atoms with van der Waals surface area (Å²) >= 11 is 0. The monoisotopic (exact) mass is 467 g/mol. The zero-order chi connectivity index (χ0) is 24.3. The summed E-state index contributed by atoms with van der Waals surface area (Å²) in [6.07, 6.45) is 2.48. The van der Waals surface area contributed by atoms with Crippen molar-refractivity contribution in [3.05, 3.63) is 65.9 Å². The van der Waals surface area contributed by atoms with E-state index in [0.717, 1.165) is 42.0 Å². The smallest absolute Gasteiger partial charge is 0.227 e. The average Bonchev–Trinajstić information content (AvgIpc) is 3.16. The summed E-state index contributed by atoms with van der Waals surface area (Å²) in [5.74, 6) is 2.05. The molecule has 7 nitrogen and oxygen atoms in total. The van der Waals surface area contributed by atoms with Gasteiger partial charge in [-0.1, -0.05) is 44.0 Å². The van der Waals surface area contributed by atoms with Gasteiger partial charge < -0.3 is 19.3 Å². The average molecular weight is 468 g/mol. The fourth-order valence-corrected chi connectivity index (χ4v) is 3.85. The van der Waals surface area contributed by atoms with E-state index in [1.54, 1.807) is 14.2 Å². The van der Waals surface area contributed by atoms with Crippen LogP contribution in [0.4, 0.5) is 0 Å². The van der Waals surface area contributed by atoms with Crippen LogP contribution in [0.3, 0.4) is 0 Å². The Kier molecular flexibility index (Phi) is 9.94. The molecule has 0 amide bonds. The van der Waals surface area contributed by atoms with Crippen LogP contribution in [0, 0.1) is 6.92 Å². The van der Waals surface area contributed by atoms with Gasteiger partial charge in [-0.25, -0.2) is 4.68 Å². The fourth-order valence-electron chi connectivity index (χ4n) is 3.85. The predicted octanol–water partition coefficient (Wildman–Crippen LogP) is 4.98. The maximum absolute atomic E-state index is 10.6. The summed E-state index contributed by atoms with van der Waals surface area (Å²) < 4.78 is 19.0. The molecule has 0 fully saturated rings. The molecule has 0 aliphatic heterocycles. The van der Waals surface area contributed by atoms with Gasteiger partial charge in [-0.2, -0.15) is 5.10 Å². The Morgan fingerprint density at radius 2 is 1.82 bits per heavy atom. The highest BCUT2D eigenvalue weighted by atomic mass is 16.5. The summed E-state index contributed by atoms with van der Waals surface area (Å²) in [5, 5.41) is 15.4. The Morgan fingerprint density at radius 1 is 1.06 bits per heavy atom. The van der Waals surface area contributed by atoms with E-state index in [2.05, 4.69) is 11.8 Å². The third-order valence-electron chi connectivity index (χ3n) is 5.75. The number of rotatable bonds is 14. The van der Waals surface area contributed by atoms with Gasteiger partial charge in [-0.3, -0.25) is 4.90 Å². The lowest BCUT2D eigenvalue weighted by molar-refractivity contribution is 0.0786. The number of aromatic nitrogens is 2. The predicted molar refractivity (Wildman–Crippen MR) is 134 cm³/mol. The Labute approximate surface area is 202 Å². The van der Waals surface area contributed by atoms with E-state index >= 15 is 0 Å². The van der Waals surface area contributed by atoms with Crippen molar-refractivity contribution < 1.29 is 19.3 Å². The van der Waals surface area contributed by atoms with E-state index in [-0.39, 0.29) is 6.10 Å². The summed E-state index contributed by atoms with van der Waals surface area (Å²) in [6, 6.07) is 17.5. The third kappa shape index (κ3) is 7.06. The maximum atomic E-state index is 10.6. The molecule has 34 heavy (non-hydrogen) atoms. The Bertz CT molecular complexity index is 1010. The van der Waals surface area contributed by atoms with Crippen molar-refractivity contribution >= 4 is 0 Å². The van der Waals surface area contributed by atoms with E-state index in [1.807, 2.05) is 66.2 Å². The van der Waals surface area contributed by atoms with Crippen LogP contribution in [-0.2, 0) is 11.3 Å². The molecule has 0 saturated carbocycles. The van der Waals surface area contributed by atoms with Crippen LogP contribution in [0.1, 0.15) is 37.4 Å². The molecule has 1 heterocycles. The molecule has 184 valence electrons. The van der Waals surface area contributed by atoms with E-state index in [1.165, 1.54) is 0 Å².